The predicted octanol–water partition coefficient (Wildman–Crippen LogP) is 2.00. The Morgan fingerprint density at radius 2 is 2.14 bits per heavy atom. The first kappa shape index (κ1) is 11.7. The zero-order chi connectivity index (χ0) is 10.8. The van der Waals surface area contributed by atoms with Gasteiger partial charge in [-0.3, -0.25) is 0 Å². The smallest absolute Gasteiger partial charge is 0.163 e. The molecular formula is C11H20O3. The number of ether oxygens (including phenoxy) is 2. The molecule has 0 unspecified atom stereocenters. The third-order valence-electron chi connectivity index (χ3n) is 2.64. The van der Waals surface area contributed by atoms with Crippen molar-refractivity contribution in [3.8, 4) is 0 Å². The molecule has 0 N–H and O–H groups in total. The molecule has 82 valence electrons. The Morgan fingerprint density at radius 1 is 1.50 bits per heavy atom. The summed E-state index contributed by atoms with van der Waals surface area (Å²) < 4.78 is 11.2. The Hall–Kier alpha value is -0.410. The zero-order valence-electron chi connectivity index (χ0n) is 9.45. The minimum absolute atomic E-state index is 0.109. The maximum absolute atomic E-state index is 10.5. The van der Waals surface area contributed by atoms with E-state index in [1.54, 1.807) is 0 Å². The average molecular weight is 200 g/mol. The molecular weight excluding hydrogens is 180 g/mol. The molecule has 1 aliphatic rings. The molecule has 14 heavy (non-hydrogen) atoms. The van der Waals surface area contributed by atoms with Crippen molar-refractivity contribution in [1.29, 1.82) is 0 Å². The molecule has 3 heteroatoms. The molecule has 0 aromatic rings. The normalized spacial score (nSPS) is 29.9. The Morgan fingerprint density at radius 3 is 2.57 bits per heavy atom. The highest BCUT2D eigenvalue weighted by Crippen LogP contribution is 2.29. The molecule has 0 radical (unpaired) electrons. The van der Waals surface area contributed by atoms with Crippen molar-refractivity contribution in [3.63, 3.8) is 0 Å². The first-order chi connectivity index (χ1) is 6.44. The van der Waals surface area contributed by atoms with Crippen LogP contribution >= 0.6 is 0 Å². The summed E-state index contributed by atoms with van der Waals surface area (Å²) in [6, 6.07) is 0. The quantitative estimate of drug-likeness (QED) is 0.651. The number of hydrogen-bond acceptors (Lipinski definition) is 3. The third-order valence-corrected chi connectivity index (χ3v) is 2.64. The van der Waals surface area contributed by atoms with Crippen molar-refractivity contribution in [3.05, 3.63) is 0 Å². The minimum atomic E-state index is -0.455. The van der Waals surface area contributed by atoms with Crippen LogP contribution in [-0.2, 0) is 14.3 Å². The summed E-state index contributed by atoms with van der Waals surface area (Å²) in [7, 11) is 0. The van der Waals surface area contributed by atoms with Crippen LogP contribution in [-0.4, -0.2) is 24.8 Å². The fraction of sp³-hybridized carbons (Fsp3) is 0.909. The van der Waals surface area contributed by atoms with E-state index in [4.69, 9.17) is 9.47 Å². The molecule has 0 spiro atoms. The van der Waals surface area contributed by atoms with Crippen LogP contribution in [0, 0.1) is 11.8 Å². The molecule has 3 atom stereocenters. The fourth-order valence-corrected chi connectivity index (χ4v) is 1.79. The zero-order valence-corrected chi connectivity index (χ0v) is 9.45. The Bertz CT molecular complexity index is 201. The van der Waals surface area contributed by atoms with Crippen LogP contribution in [0.4, 0.5) is 0 Å². The first-order valence-corrected chi connectivity index (χ1v) is 5.21. The minimum Gasteiger partial charge on any atom is -0.348 e. The lowest BCUT2D eigenvalue weighted by atomic mass is 9.94. The van der Waals surface area contributed by atoms with E-state index in [-0.39, 0.29) is 12.0 Å². The number of carbonyl (C=O) groups excluding carboxylic acids is 1. The van der Waals surface area contributed by atoms with Crippen LogP contribution in [0.1, 0.15) is 34.1 Å². The van der Waals surface area contributed by atoms with Crippen LogP contribution in [0.25, 0.3) is 0 Å². The van der Waals surface area contributed by atoms with Crippen molar-refractivity contribution in [1.82, 2.24) is 0 Å². The third kappa shape index (κ3) is 3.07. The van der Waals surface area contributed by atoms with Crippen LogP contribution < -0.4 is 0 Å². The highest BCUT2D eigenvalue weighted by atomic mass is 16.7. The lowest BCUT2D eigenvalue weighted by Gasteiger charge is -2.21. The van der Waals surface area contributed by atoms with Gasteiger partial charge < -0.3 is 14.3 Å². The average Bonchev–Trinajstić information content (AvgIpc) is 2.46. The summed E-state index contributed by atoms with van der Waals surface area (Å²) >= 11 is 0. The summed E-state index contributed by atoms with van der Waals surface area (Å²) in [5, 5.41) is 0. The van der Waals surface area contributed by atoms with Gasteiger partial charge in [-0.25, -0.2) is 0 Å². The number of carbonyl (C=O) groups is 1. The topological polar surface area (TPSA) is 35.5 Å². The Labute approximate surface area is 85.8 Å². The molecule has 1 rings (SSSR count). The van der Waals surface area contributed by atoms with E-state index in [0.717, 1.165) is 12.7 Å². The molecule has 1 heterocycles. The number of aldehydes is 1. The van der Waals surface area contributed by atoms with E-state index in [0.29, 0.717) is 12.5 Å². The second kappa shape index (κ2) is 4.41. The van der Waals surface area contributed by atoms with Gasteiger partial charge in [0, 0.05) is 5.92 Å². The van der Waals surface area contributed by atoms with Gasteiger partial charge in [-0.05, 0) is 26.2 Å². The van der Waals surface area contributed by atoms with Gasteiger partial charge in [-0.2, -0.15) is 0 Å². The SMILES string of the molecule is C[C@H](C=O)C[C@@H](C)[C@@H]1COC(C)(C)O1. The van der Waals surface area contributed by atoms with E-state index >= 15 is 0 Å². The molecule has 0 aliphatic carbocycles. The molecule has 1 fully saturated rings. The second-order valence-corrected chi connectivity index (χ2v) is 4.69. The van der Waals surface area contributed by atoms with E-state index in [1.165, 1.54) is 0 Å². The highest BCUT2D eigenvalue weighted by molar-refractivity contribution is 5.52. The highest BCUT2D eigenvalue weighted by Gasteiger charge is 2.35. The van der Waals surface area contributed by atoms with Gasteiger partial charge in [0.25, 0.3) is 0 Å². The maximum atomic E-state index is 10.5. The van der Waals surface area contributed by atoms with Gasteiger partial charge in [0.05, 0.1) is 12.7 Å². The van der Waals surface area contributed by atoms with Crippen molar-refractivity contribution in [2.75, 3.05) is 6.61 Å². The Kier molecular flexibility index (Phi) is 3.67. The van der Waals surface area contributed by atoms with Gasteiger partial charge in [-0.15, -0.1) is 0 Å². The van der Waals surface area contributed by atoms with E-state index in [1.807, 2.05) is 20.8 Å². The maximum Gasteiger partial charge on any atom is 0.163 e. The molecule has 0 aromatic heterocycles. The van der Waals surface area contributed by atoms with E-state index in [2.05, 4.69) is 6.92 Å². The van der Waals surface area contributed by atoms with Crippen molar-refractivity contribution in [2.45, 2.75) is 46.0 Å². The summed E-state index contributed by atoms with van der Waals surface area (Å²) in [6.45, 7) is 8.52. The first-order valence-electron chi connectivity index (χ1n) is 5.21. The second-order valence-electron chi connectivity index (χ2n) is 4.69. The molecule has 0 saturated carbocycles. The number of hydrogen-bond donors (Lipinski definition) is 0. The summed E-state index contributed by atoms with van der Waals surface area (Å²) in [6.07, 6.45) is 2.00. The van der Waals surface area contributed by atoms with Crippen molar-refractivity contribution in [2.24, 2.45) is 11.8 Å². The fourth-order valence-electron chi connectivity index (χ4n) is 1.79. The predicted molar refractivity (Wildman–Crippen MR) is 53.9 cm³/mol. The molecule has 1 saturated heterocycles. The van der Waals surface area contributed by atoms with Gasteiger partial charge >= 0.3 is 0 Å². The largest absolute Gasteiger partial charge is 0.348 e. The van der Waals surface area contributed by atoms with E-state index in [9.17, 15) is 4.79 Å². The van der Waals surface area contributed by atoms with E-state index < -0.39 is 5.79 Å². The lowest BCUT2D eigenvalue weighted by Crippen LogP contribution is -2.26. The molecule has 3 nitrogen and oxygen atoms in total. The Balaban J connectivity index is 2.39. The van der Waals surface area contributed by atoms with Gasteiger partial charge in [0.1, 0.15) is 6.29 Å². The monoisotopic (exact) mass is 200 g/mol. The van der Waals surface area contributed by atoms with Crippen molar-refractivity contribution >= 4 is 6.29 Å². The van der Waals surface area contributed by atoms with Crippen LogP contribution in [0.2, 0.25) is 0 Å². The summed E-state index contributed by atoms with van der Waals surface area (Å²) in [5.74, 6) is 0.0258. The van der Waals surface area contributed by atoms with Crippen LogP contribution in [0.5, 0.6) is 0 Å². The number of rotatable bonds is 4. The van der Waals surface area contributed by atoms with Gasteiger partial charge in [0.2, 0.25) is 0 Å². The van der Waals surface area contributed by atoms with Crippen LogP contribution in [0.15, 0.2) is 0 Å². The standard InChI is InChI=1S/C11H20O3/c1-8(6-12)5-9(2)10-7-13-11(3,4)14-10/h6,8-10H,5,7H2,1-4H3/t8-,9+,10-/m0/s1. The van der Waals surface area contributed by atoms with Gasteiger partial charge in [0.15, 0.2) is 5.79 Å². The van der Waals surface area contributed by atoms with Crippen LogP contribution in [0.3, 0.4) is 0 Å². The lowest BCUT2D eigenvalue weighted by molar-refractivity contribution is -0.144. The summed E-state index contributed by atoms with van der Waals surface area (Å²) in [4.78, 5) is 10.5. The molecule has 1 aliphatic heterocycles. The molecule has 0 bridgehead atoms. The van der Waals surface area contributed by atoms with Gasteiger partial charge in [-0.1, -0.05) is 13.8 Å². The molecule has 0 amide bonds. The molecule has 0 aromatic carbocycles. The summed E-state index contributed by atoms with van der Waals surface area (Å²) in [5.41, 5.74) is 0. The van der Waals surface area contributed by atoms with Crippen molar-refractivity contribution < 1.29 is 14.3 Å².